The van der Waals surface area contributed by atoms with Crippen molar-refractivity contribution in [1.29, 1.82) is 0 Å². The van der Waals surface area contributed by atoms with Crippen LogP contribution < -0.4 is 0 Å². The van der Waals surface area contributed by atoms with Gasteiger partial charge in [-0.3, -0.25) is 4.90 Å². The number of aliphatic hydroxyl groups is 1. The molecule has 0 spiro atoms. The molecule has 1 aromatic rings. The summed E-state index contributed by atoms with van der Waals surface area (Å²) in [6.45, 7) is 8.50. The van der Waals surface area contributed by atoms with Crippen molar-refractivity contribution in [1.82, 2.24) is 4.90 Å². The summed E-state index contributed by atoms with van der Waals surface area (Å²) in [5.74, 6) is 2.41. The second kappa shape index (κ2) is 9.15. The number of aryl methyl sites for hydroxylation is 1. The van der Waals surface area contributed by atoms with E-state index in [0.717, 1.165) is 13.0 Å². The predicted molar refractivity (Wildman–Crippen MR) is 84.9 cm³/mol. The van der Waals surface area contributed by atoms with E-state index in [1.807, 2.05) is 11.3 Å². The molecule has 0 aromatic carbocycles. The van der Waals surface area contributed by atoms with E-state index in [-0.39, 0.29) is 6.61 Å². The molecule has 0 fully saturated rings. The molecule has 2 atom stereocenters. The van der Waals surface area contributed by atoms with Crippen molar-refractivity contribution in [2.75, 3.05) is 19.8 Å². The van der Waals surface area contributed by atoms with Crippen LogP contribution in [0, 0.1) is 19.3 Å². The van der Waals surface area contributed by atoms with E-state index in [1.165, 1.54) is 9.75 Å². The topological polar surface area (TPSA) is 32.7 Å². The minimum absolute atomic E-state index is 0.254. The molecule has 0 saturated heterocycles. The molecule has 3 nitrogen and oxygen atoms in total. The van der Waals surface area contributed by atoms with Crippen LogP contribution in [0.5, 0.6) is 0 Å². The summed E-state index contributed by atoms with van der Waals surface area (Å²) >= 11 is 1.81. The maximum atomic E-state index is 10.0. The molecule has 112 valence electrons. The fraction of sp³-hybridized carbons (Fsp3) is 0.625. The van der Waals surface area contributed by atoms with Gasteiger partial charge in [-0.05, 0) is 32.4 Å². The third kappa shape index (κ3) is 6.06. The minimum Gasteiger partial charge on any atom is -0.389 e. The van der Waals surface area contributed by atoms with Gasteiger partial charge < -0.3 is 9.84 Å². The lowest BCUT2D eigenvalue weighted by atomic mass is 10.2. The Morgan fingerprint density at radius 3 is 2.80 bits per heavy atom. The van der Waals surface area contributed by atoms with Crippen LogP contribution in [0.4, 0.5) is 0 Å². The SMILES string of the molecule is C#CCOCC(O)CN(Cc1ccc(C)s1)C(C)CC. The number of aliphatic hydroxyl groups excluding tert-OH is 1. The molecule has 0 radical (unpaired) electrons. The molecule has 2 unspecified atom stereocenters. The fourth-order valence-electron chi connectivity index (χ4n) is 2.01. The second-order valence-corrected chi connectivity index (χ2v) is 6.44. The molecule has 1 rings (SSSR count). The van der Waals surface area contributed by atoms with E-state index in [9.17, 15) is 5.11 Å². The van der Waals surface area contributed by atoms with Crippen molar-refractivity contribution in [2.24, 2.45) is 0 Å². The summed E-state index contributed by atoms with van der Waals surface area (Å²) in [4.78, 5) is 4.95. The Kier molecular flexibility index (Phi) is 7.86. The molecule has 0 aliphatic rings. The molecule has 0 amide bonds. The lowest BCUT2D eigenvalue weighted by Gasteiger charge is -2.29. The molecule has 4 heteroatoms. The van der Waals surface area contributed by atoms with Crippen molar-refractivity contribution < 1.29 is 9.84 Å². The average molecular weight is 295 g/mol. The van der Waals surface area contributed by atoms with E-state index >= 15 is 0 Å². The Morgan fingerprint density at radius 1 is 1.50 bits per heavy atom. The highest BCUT2D eigenvalue weighted by Crippen LogP contribution is 2.19. The highest BCUT2D eigenvalue weighted by atomic mass is 32.1. The lowest BCUT2D eigenvalue weighted by molar-refractivity contribution is 0.0173. The first kappa shape index (κ1) is 17.2. The Morgan fingerprint density at radius 2 is 2.25 bits per heavy atom. The van der Waals surface area contributed by atoms with Gasteiger partial charge in [0.15, 0.2) is 0 Å². The summed E-state index contributed by atoms with van der Waals surface area (Å²) in [6, 6.07) is 4.73. The van der Waals surface area contributed by atoms with Crippen LogP contribution >= 0.6 is 11.3 Å². The highest BCUT2D eigenvalue weighted by Gasteiger charge is 2.17. The monoisotopic (exact) mass is 295 g/mol. The Bertz CT molecular complexity index is 424. The van der Waals surface area contributed by atoms with Gasteiger partial charge in [0, 0.05) is 28.9 Å². The number of thiophene rings is 1. The molecular formula is C16H25NO2S. The van der Waals surface area contributed by atoms with Crippen molar-refractivity contribution in [2.45, 2.75) is 45.9 Å². The van der Waals surface area contributed by atoms with Gasteiger partial charge in [-0.25, -0.2) is 0 Å². The van der Waals surface area contributed by atoms with Gasteiger partial charge in [-0.15, -0.1) is 17.8 Å². The zero-order chi connectivity index (χ0) is 15.0. The van der Waals surface area contributed by atoms with Crippen molar-refractivity contribution in [3.8, 4) is 12.3 Å². The fourth-order valence-corrected chi connectivity index (χ4v) is 2.92. The molecule has 1 aromatic heterocycles. The Balaban J connectivity index is 2.53. The number of terminal acetylenes is 1. The third-order valence-corrected chi connectivity index (χ3v) is 4.30. The zero-order valence-electron chi connectivity index (χ0n) is 12.6. The molecule has 1 heterocycles. The Labute approximate surface area is 126 Å². The van der Waals surface area contributed by atoms with Crippen LogP contribution in [0.25, 0.3) is 0 Å². The van der Waals surface area contributed by atoms with Gasteiger partial charge in [0.2, 0.25) is 0 Å². The summed E-state index contributed by atoms with van der Waals surface area (Å²) in [5.41, 5.74) is 0. The lowest BCUT2D eigenvalue weighted by Crippen LogP contribution is -2.39. The van der Waals surface area contributed by atoms with Crippen LogP contribution in [-0.4, -0.2) is 41.9 Å². The standard InChI is InChI=1S/C16H25NO2S/c1-5-9-19-12-15(18)10-17(13(3)6-2)11-16-8-7-14(4)20-16/h1,7-8,13,15,18H,6,9-12H2,2-4H3. The van der Waals surface area contributed by atoms with Gasteiger partial charge in [0.05, 0.1) is 12.7 Å². The van der Waals surface area contributed by atoms with Crippen molar-refractivity contribution >= 4 is 11.3 Å². The molecule has 20 heavy (non-hydrogen) atoms. The molecule has 1 N–H and O–H groups in total. The number of hydrogen-bond acceptors (Lipinski definition) is 4. The Hall–Kier alpha value is -0.860. The summed E-state index contributed by atoms with van der Waals surface area (Å²) < 4.78 is 5.20. The number of ether oxygens (including phenoxy) is 1. The predicted octanol–water partition coefficient (Wildman–Crippen LogP) is 2.67. The van der Waals surface area contributed by atoms with Crippen LogP contribution in [0.3, 0.4) is 0 Å². The average Bonchev–Trinajstić information content (AvgIpc) is 2.83. The van der Waals surface area contributed by atoms with Gasteiger partial charge in [0.1, 0.15) is 6.61 Å². The first-order valence-corrected chi connectivity index (χ1v) is 7.87. The molecule has 0 aliphatic heterocycles. The van der Waals surface area contributed by atoms with Gasteiger partial charge >= 0.3 is 0 Å². The maximum absolute atomic E-state index is 10.0. The smallest absolute Gasteiger partial charge is 0.107 e. The van der Waals surface area contributed by atoms with E-state index in [2.05, 4.69) is 43.7 Å². The van der Waals surface area contributed by atoms with Crippen LogP contribution in [0.1, 0.15) is 30.0 Å². The van der Waals surface area contributed by atoms with Crippen LogP contribution in [0.2, 0.25) is 0 Å². The first-order chi connectivity index (χ1) is 9.56. The van der Waals surface area contributed by atoms with Crippen LogP contribution in [0.15, 0.2) is 12.1 Å². The second-order valence-electron chi connectivity index (χ2n) is 5.07. The third-order valence-electron chi connectivity index (χ3n) is 3.31. The molecule has 0 aliphatic carbocycles. The molecule has 0 saturated carbocycles. The van der Waals surface area contributed by atoms with Gasteiger partial charge in [-0.2, -0.15) is 0 Å². The quantitative estimate of drug-likeness (QED) is 0.561. The molecule has 0 bridgehead atoms. The van der Waals surface area contributed by atoms with Gasteiger partial charge in [-0.1, -0.05) is 12.8 Å². The van der Waals surface area contributed by atoms with Gasteiger partial charge in [0.25, 0.3) is 0 Å². The van der Waals surface area contributed by atoms with E-state index < -0.39 is 6.10 Å². The van der Waals surface area contributed by atoms with E-state index in [4.69, 9.17) is 11.2 Å². The summed E-state index contributed by atoms with van der Waals surface area (Å²) in [5, 5.41) is 10.0. The van der Waals surface area contributed by atoms with Crippen molar-refractivity contribution in [3.63, 3.8) is 0 Å². The molecular weight excluding hydrogens is 270 g/mol. The minimum atomic E-state index is -0.501. The van der Waals surface area contributed by atoms with Crippen molar-refractivity contribution in [3.05, 3.63) is 21.9 Å². The largest absolute Gasteiger partial charge is 0.389 e. The summed E-state index contributed by atoms with van der Waals surface area (Å²) in [7, 11) is 0. The first-order valence-electron chi connectivity index (χ1n) is 7.05. The number of nitrogens with zero attached hydrogens (tertiary/aromatic N) is 1. The number of hydrogen-bond donors (Lipinski definition) is 1. The van der Waals surface area contributed by atoms with Crippen LogP contribution in [-0.2, 0) is 11.3 Å². The normalized spacial score (nSPS) is 14.2. The van der Waals surface area contributed by atoms with E-state index in [1.54, 1.807) is 0 Å². The maximum Gasteiger partial charge on any atom is 0.107 e. The number of rotatable bonds is 9. The zero-order valence-corrected chi connectivity index (χ0v) is 13.4. The highest BCUT2D eigenvalue weighted by molar-refractivity contribution is 7.11. The van der Waals surface area contributed by atoms with E-state index in [0.29, 0.717) is 19.2 Å². The summed E-state index contributed by atoms with van der Waals surface area (Å²) in [6.07, 6.45) is 5.68.